The number of hydrogen-bond donors (Lipinski definition) is 0. The highest BCUT2D eigenvalue weighted by atomic mass is 14.7. The Morgan fingerprint density at radius 1 is 0.929 bits per heavy atom. The Hall–Kier alpha value is -1.37. The summed E-state index contributed by atoms with van der Waals surface area (Å²) in [5, 5.41) is 1.21. The predicted octanol–water partition coefficient (Wildman–Crippen LogP) is 3.53. The molecule has 2 aromatic rings. The minimum absolute atomic E-state index is 0.129. The second kappa shape index (κ2) is 3.09. The zero-order valence-corrected chi connectivity index (χ0v) is 8.91. The average Bonchev–Trinajstić information content (AvgIpc) is 2.16. The summed E-state index contributed by atoms with van der Waals surface area (Å²) in [4.78, 5) is 4.65. The third-order valence-corrected chi connectivity index (χ3v) is 2.37. The SMILES string of the molecule is CC(C)(C)c1ccc2ccccc2n1. The summed E-state index contributed by atoms with van der Waals surface area (Å²) in [6.45, 7) is 6.55. The Balaban J connectivity index is 2.63. The normalized spacial score (nSPS) is 11.9. The van der Waals surface area contributed by atoms with Gasteiger partial charge in [-0.3, -0.25) is 4.98 Å². The average molecular weight is 185 g/mol. The number of aromatic nitrogens is 1. The lowest BCUT2D eigenvalue weighted by atomic mass is 9.91. The summed E-state index contributed by atoms with van der Waals surface area (Å²) in [5.41, 5.74) is 2.36. The lowest BCUT2D eigenvalue weighted by Gasteiger charge is -2.17. The van der Waals surface area contributed by atoms with E-state index in [-0.39, 0.29) is 5.41 Å². The Labute approximate surface area is 84.8 Å². The first-order valence-electron chi connectivity index (χ1n) is 4.94. The molecule has 0 fully saturated rings. The Morgan fingerprint density at radius 2 is 1.64 bits per heavy atom. The van der Waals surface area contributed by atoms with Crippen LogP contribution in [0.3, 0.4) is 0 Å². The van der Waals surface area contributed by atoms with Crippen LogP contribution in [0.2, 0.25) is 0 Å². The third kappa shape index (κ3) is 1.63. The number of rotatable bonds is 0. The van der Waals surface area contributed by atoms with Gasteiger partial charge in [0.05, 0.1) is 5.52 Å². The first kappa shape index (κ1) is 9.20. The molecule has 0 bridgehead atoms. The van der Waals surface area contributed by atoms with E-state index < -0.39 is 0 Å². The van der Waals surface area contributed by atoms with Gasteiger partial charge in [-0.1, -0.05) is 45.0 Å². The molecule has 0 aliphatic heterocycles. The Bertz CT molecular complexity index is 452. The molecule has 0 aliphatic rings. The van der Waals surface area contributed by atoms with Crippen LogP contribution in [0.1, 0.15) is 26.5 Å². The van der Waals surface area contributed by atoms with Gasteiger partial charge in [0, 0.05) is 16.5 Å². The maximum Gasteiger partial charge on any atom is 0.0705 e. The van der Waals surface area contributed by atoms with Gasteiger partial charge in [-0.15, -0.1) is 0 Å². The van der Waals surface area contributed by atoms with Gasteiger partial charge in [-0.25, -0.2) is 0 Å². The molecule has 72 valence electrons. The minimum atomic E-state index is 0.129. The van der Waals surface area contributed by atoms with Gasteiger partial charge < -0.3 is 0 Å². The van der Waals surface area contributed by atoms with Crippen molar-refractivity contribution in [2.75, 3.05) is 0 Å². The molecule has 0 atom stereocenters. The quantitative estimate of drug-likeness (QED) is 0.611. The highest BCUT2D eigenvalue weighted by Crippen LogP contribution is 2.22. The van der Waals surface area contributed by atoms with Crippen molar-refractivity contribution in [2.24, 2.45) is 0 Å². The van der Waals surface area contributed by atoms with Crippen molar-refractivity contribution in [3.63, 3.8) is 0 Å². The molecule has 14 heavy (non-hydrogen) atoms. The van der Waals surface area contributed by atoms with E-state index in [1.165, 1.54) is 5.39 Å². The number of benzene rings is 1. The fourth-order valence-electron chi connectivity index (χ4n) is 1.48. The molecule has 0 radical (unpaired) electrons. The van der Waals surface area contributed by atoms with Crippen LogP contribution in [0.25, 0.3) is 10.9 Å². The first-order valence-corrected chi connectivity index (χ1v) is 4.94. The van der Waals surface area contributed by atoms with Crippen molar-refractivity contribution in [1.29, 1.82) is 0 Å². The monoisotopic (exact) mass is 185 g/mol. The second-order valence-electron chi connectivity index (χ2n) is 4.64. The molecule has 0 spiro atoms. The molecule has 0 saturated heterocycles. The van der Waals surface area contributed by atoms with Crippen molar-refractivity contribution in [2.45, 2.75) is 26.2 Å². The summed E-state index contributed by atoms with van der Waals surface area (Å²) < 4.78 is 0. The van der Waals surface area contributed by atoms with Crippen LogP contribution in [0.4, 0.5) is 0 Å². The maximum absolute atomic E-state index is 4.65. The van der Waals surface area contributed by atoms with Crippen LogP contribution in [0, 0.1) is 0 Å². The number of para-hydroxylation sites is 1. The zero-order chi connectivity index (χ0) is 10.2. The molecule has 1 heteroatoms. The van der Waals surface area contributed by atoms with Crippen LogP contribution in [-0.4, -0.2) is 4.98 Å². The molecule has 1 aromatic carbocycles. The van der Waals surface area contributed by atoms with Gasteiger partial charge >= 0.3 is 0 Å². The summed E-state index contributed by atoms with van der Waals surface area (Å²) in [7, 11) is 0. The number of fused-ring (bicyclic) bond motifs is 1. The van der Waals surface area contributed by atoms with E-state index in [0.717, 1.165) is 11.2 Å². The second-order valence-corrected chi connectivity index (χ2v) is 4.64. The zero-order valence-electron chi connectivity index (χ0n) is 8.91. The molecule has 0 amide bonds. The molecule has 0 N–H and O–H groups in total. The fourth-order valence-corrected chi connectivity index (χ4v) is 1.48. The summed E-state index contributed by atoms with van der Waals surface area (Å²) in [5.74, 6) is 0. The maximum atomic E-state index is 4.65. The lowest BCUT2D eigenvalue weighted by Crippen LogP contribution is -2.13. The molecule has 0 unspecified atom stereocenters. The van der Waals surface area contributed by atoms with Crippen LogP contribution in [0.5, 0.6) is 0 Å². The highest BCUT2D eigenvalue weighted by molar-refractivity contribution is 5.78. The van der Waals surface area contributed by atoms with Crippen molar-refractivity contribution in [3.8, 4) is 0 Å². The van der Waals surface area contributed by atoms with E-state index in [1.807, 2.05) is 12.1 Å². The highest BCUT2D eigenvalue weighted by Gasteiger charge is 2.14. The van der Waals surface area contributed by atoms with Gasteiger partial charge in [0.25, 0.3) is 0 Å². The standard InChI is InChI=1S/C13H15N/c1-13(2,3)12-9-8-10-6-4-5-7-11(10)14-12/h4-9H,1-3H3. The smallest absolute Gasteiger partial charge is 0.0705 e. The fraction of sp³-hybridized carbons (Fsp3) is 0.308. The molecule has 2 rings (SSSR count). The number of pyridine rings is 1. The van der Waals surface area contributed by atoms with Crippen molar-refractivity contribution in [1.82, 2.24) is 4.98 Å². The van der Waals surface area contributed by atoms with E-state index in [4.69, 9.17) is 0 Å². The van der Waals surface area contributed by atoms with Gasteiger partial charge in [0.15, 0.2) is 0 Å². The molecule has 1 aromatic heterocycles. The topological polar surface area (TPSA) is 12.9 Å². The van der Waals surface area contributed by atoms with Crippen LogP contribution in [0.15, 0.2) is 36.4 Å². The molecule has 1 heterocycles. The van der Waals surface area contributed by atoms with E-state index in [9.17, 15) is 0 Å². The van der Waals surface area contributed by atoms with Crippen molar-refractivity contribution in [3.05, 3.63) is 42.1 Å². The van der Waals surface area contributed by atoms with Crippen LogP contribution < -0.4 is 0 Å². The molecule has 0 saturated carbocycles. The van der Waals surface area contributed by atoms with Crippen LogP contribution in [-0.2, 0) is 5.41 Å². The van der Waals surface area contributed by atoms with Gasteiger partial charge in [-0.2, -0.15) is 0 Å². The Kier molecular flexibility index (Phi) is 2.03. The summed E-state index contributed by atoms with van der Waals surface area (Å²) >= 11 is 0. The third-order valence-electron chi connectivity index (χ3n) is 2.37. The van der Waals surface area contributed by atoms with Gasteiger partial charge in [0.1, 0.15) is 0 Å². The van der Waals surface area contributed by atoms with Crippen LogP contribution >= 0.6 is 0 Å². The number of nitrogens with zero attached hydrogens (tertiary/aromatic N) is 1. The van der Waals surface area contributed by atoms with Crippen molar-refractivity contribution >= 4 is 10.9 Å². The molecular weight excluding hydrogens is 170 g/mol. The largest absolute Gasteiger partial charge is 0.252 e. The predicted molar refractivity (Wildman–Crippen MR) is 60.4 cm³/mol. The van der Waals surface area contributed by atoms with E-state index >= 15 is 0 Å². The minimum Gasteiger partial charge on any atom is -0.252 e. The van der Waals surface area contributed by atoms with E-state index in [1.54, 1.807) is 0 Å². The molecule has 1 nitrogen and oxygen atoms in total. The number of hydrogen-bond acceptors (Lipinski definition) is 1. The van der Waals surface area contributed by atoms with E-state index in [0.29, 0.717) is 0 Å². The lowest BCUT2D eigenvalue weighted by molar-refractivity contribution is 0.571. The van der Waals surface area contributed by atoms with Gasteiger partial charge in [0.2, 0.25) is 0 Å². The molecular formula is C13H15N. The molecule has 0 aliphatic carbocycles. The Morgan fingerprint density at radius 3 is 2.36 bits per heavy atom. The van der Waals surface area contributed by atoms with E-state index in [2.05, 4.69) is 50.0 Å². The van der Waals surface area contributed by atoms with Gasteiger partial charge in [-0.05, 0) is 12.1 Å². The van der Waals surface area contributed by atoms with Crippen molar-refractivity contribution < 1.29 is 0 Å². The summed E-state index contributed by atoms with van der Waals surface area (Å²) in [6.07, 6.45) is 0. The summed E-state index contributed by atoms with van der Waals surface area (Å²) in [6, 6.07) is 12.5. The first-order chi connectivity index (χ1) is 6.57.